The minimum atomic E-state index is -0.420. The van der Waals surface area contributed by atoms with E-state index in [9.17, 15) is 9.59 Å². The van der Waals surface area contributed by atoms with Gasteiger partial charge in [0.2, 0.25) is 5.91 Å². The Kier molecular flexibility index (Phi) is 5.97. The molecule has 1 rings (SSSR count). The predicted molar refractivity (Wildman–Crippen MR) is 79.1 cm³/mol. The van der Waals surface area contributed by atoms with Gasteiger partial charge in [-0.05, 0) is 32.4 Å². The van der Waals surface area contributed by atoms with Crippen LogP contribution in [-0.2, 0) is 14.3 Å². The van der Waals surface area contributed by atoms with E-state index in [1.165, 1.54) is 18.1 Å². The van der Waals surface area contributed by atoms with Gasteiger partial charge in [0, 0.05) is 12.1 Å². The van der Waals surface area contributed by atoms with Crippen molar-refractivity contribution in [1.82, 2.24) is 4.90 Å². The number of amides is 1. The number of ether oxygens (including phenoxy) is 1. The molecule has 0 heterocycles. The minimum Gasteiger partial charge on any atom is -0.468 e. The highest BCUT2D eigenvalue weighted by molar-refractivity contribution is 5.93. The largest absolute Gasteiger partial charge is 0.468 e. The van der Waals surface area contributed by atoms with Crippen LogP contribution in [0.1, 0.15) is 25.0 Å². The van der Waals surface area contributed by atoms with Crippen LogP contribution in [0.4, 0.5) is 0 Å². The third kappa shape index (κ3) is 4.88. The number of methoxy groups -OCH3 is 1. The van der Waals surface area contributed by atoms with Crippen molar-refractivity contribution in [1.29, 1.82) is 0 Å². The summed E-state index contributed by atoms with van der Waals surface area (Å²) in [5, 5.41) is 0. The number of benzene rings is 1. The lowest BCUT2D eigenvalue weighted by Crippen LogP contribution is -2.40. The van der Waals surface area contributed by atoms with Gasteiger partial charge < -0.3 is 9.64 Å². The molecule has 0 aliphatic carbocycles. The van der Waals surface area contributed by atoms with Crippen molar-refractivity contribution in [2.24, 2.45) is 0 Å². The number of hydrogen-bond donors (Lipinski definition) is 0. The first-order valence-corrected chi connectivity index (χ1v) is 6.56. The second-order valence-electron chi connectivity index (χ2n) is 4.88. The fourth-order valence-electron chi connectivity index (χ4n) is 1.76. The molecule has 1 aromatic carbocycles. The number of carbonyl (C=O) groups is 2. The molecule has 0 aromatic heterocycles. The normalized spacial score (nSPS) is 10.8. The highest BCUT2D eigenvalue weighted by Crippen LogP contribution is 2.07. The first-order valence-electron chi connectivity index (χ1n) is 6.56. The van der Waals surface area contributed by atoms with Crippen LogP contribution >= 0.6 is 0 Å². The molecule has 0 fully saturated rings. The SMILES string of the molecule is COC(=O)CN(C(=O)/C=C/c1cccc(C)c1)C(C)C. The fourth-order valence-corrected chi connectivity index (χ4v) is 1.76. The summed E-state index contributed by atoms with van der Waals surface area (Å²) in [6, 6.07) is 7.79. The van der Waals surface area contributed by atoms with Crippen molar-refractivity contribution in [2.45, 2.75) is 26.8 Å². The summed E-state index contributed by atoms with van der Waals surface area (Å²) < 4.78 is 4.60. The maximum absolute atomic E-state index is 12.1. The molecule has 0 bridgehead atoms. The van der Waals surface area contributed by atoms with Crippen molar-refractivity contribution in [3.8, 4) is 0 Å². The third-order valence-electron chi connectivity index (χ3n) is 2.89. The quantitative estimate of drug-likeness (QED) is 0.612. The lowest BCUT2D eigenvalue weighted by Gasteiger charge is -2.24. The second-order valence-corrected chi connectivity index (χ2v) is 4.88. The lowest BCUT2D eigenvalue weighted by atomic mass is 10.1. The Morgan fingerprint density at radius 3 is 2.60 bits per heavy atom. The monoisotopic (exact) mass is 275 g/mol. The van der Waals surface area contributed by atoms with Crippen LogP contribution in [0.15, 0.2) is 30.3 Å². The lowest BCUT2D eigenvalue weighted by molar-refractivity contribution is -0.146. The smallest absolute Gasteiger partial charge is 0.325 e. The van der Waals surface area contributed by atoms with E-state index >= 15 is 0 Å². The zero-order valence-electron chi connectivity index (χ0n) is 12.4. The Morgan fingerprint density at radius 1 is 1.35 bits per heavy atom. The second kappa shape index (κ2) is 7.48. The van der Waals surface area contributed by atoms with E-state index in [4.69, 9.17) is 0 Å². The first kappa shape index (κ1) is 16.0. The molecular formula is C16H21NO3. The van der Waals surface area contributed by atoms with Crippen LogP contribution in [0.2, 0.25) is 0 Å². The minimum absolute atomic E-state index is 0.0366. The Balaban J connectivity index is 2.78. The number of esters is 1. The van der Waals surface area contributed by atoms with Gasteiger partial charge in [-0.2, -0.15) is 0 Å². The van der Waals surface area contributed by atoms with E-state index in [1.807, 2.05) is 45.0 Å². The molecule has 108 valence electrons. The first-order chi connectivity index (χ1) is 9.43. The van der Waals surface area contributed by atoms with Gasteiger partial charge in [0.05, 0.1) is 7.11 Å². The summed E-state index contributed by atoms with van der Waals surface area (Å²) in [5.41, 5.74) is 2.09. The number of carbonyl (C=O) groups excluding carboxylic acids is 2. The molecule has 0 aliphatic heterocycles. The molecule has 1 aromatic rings. The Labute approximate surface area is 120 Å². The summed E-state index contributed by atoms with van der Waals surface area (Å²) in [7, 11) is 1.31. The van der Waals surface area contributed by atoms with E-state index in [1.54, 1.807) is 6.08 Å². The highest BCUT2D eigenvalue weighted by atomic mass is 16.5. The molecule has 0 radical (unpaired) electrons. The summed E-state index contributed by atoms with van der Waals surface area (Å²) >= 11 is 0. The van der Waals surface area contributed by atoms with E-state index in [0.29, 0.717) is 0 Å². The summed E-state index contributed by atoms with van der Waals surface area (Å²) in [5.74, 6) is -0.622. The average Bonchev–Trinajstić information content (AvgIpc) is 2.41. The molecule has 0 unspecified atom stereocenters. The van der Waals surface area contributed by atoms with Gasteiger partial charge in [-0.3, -0.25) is 9.59 Å². The molecular weight excluding hydrogens is 254 g/mol. The number of rotatable bonds is 5. The van der Waals surface area contributed by atoms with Crippen molar-refractivity contribution >= 4 is 18.0 Å². The van der Waals surface area contributed by atoms with Gasteiger partial charge in [0.1, 0.15) is 6.54 Å². The van der Waals surface area contributed by atoms with E-state index in [-0.39, 0.29) is 18.5 Å². The van der Waals surface area contributed by atoms with E-state index < -0.39 is 5.97 Å². The van der Waals surface area contributed by atoms with Crippen LogP contribution in [0.3, 0.4) is 0 Å². The van der Waals surface area contributed by atoms with E-state index in [2.05, 4.69) is 4.74 Å². The molecule has 1 amide bonds. The standard InChI is InChI=1S/C16H21NO3/c1-12(2)17(11-16(19)20-4)15(18)9-8-14-7-5-6-13(3)10-14/h5-10,12H,11H2,1-4H3/b9-8+. The Bertz CT molecular complexity index is 506. The van der Waals surface area contributed by atoms with Crippen LogP contribution in [0.25, 0.3) is 6.08 Å². The zero-order chi connectivity index (χ0) is 15.1. The molecule has 20 heavy (non-hydrogen) atoms. The van der Waals surface area contributed by atoms with Crippen LogP contribution in [0, 0.1) is 6.92 Å². The van der Waals surface area contributed by atoms with Crippen LogP contribution < -0.4 is 0 Å². The Hall–Kier alpha value is -2.10. The van der Waals surface area contributed by atoms with Gasteiger partial charge in [-0.25, -0.2) is 0 Å². The van der Waals surface area contributed by atoms with Gasteiger partial charge in [-0.1, -0.05) is 29.8 Å². The van der Waals surface area contributed by atoms with Gasteiger partial charge >= 0.3 is 5.97 Å². The number of hydrogen-bond acceptors (Lipinski definition) is 3. The summed E-state index contributed by atoms with van der Waals surface area (Å²) in [6.45, 7) is 5.69. The molecule has 0 saturated heterocycles. The maximum Gasteiger partial charge on any atom is 0.325 e. The van der Waals surface area contributed by atoms with Gasteiger partial charge in [0.25, 0.3) is 0 Å². The molecule has 0 N–H and O–H groups in total. The predicted octanol–water partition coefficient (Wildman–Crippen LogP) is 2.42. The van der Waals surface area contributed by atoms with E-state index in [0.717, 1.165) is 11.1 Å². The van der Waals surface area contributed by atoms with Crippen molar-refractivity contribution in [2.75, 3.05) is 13.7 Å². The molecule has 0 spiro atoms. The third-order valence-corrected chi connectivity index (χ3v) is 2.89. The van der Waals surface area contributed by atoms with Crippen LogP contribution in [-0.4, -0.2) is 36.5 Å². The number of nitrogens with zero attached hydrogens (tertiary/aromatic N) is 1. The van der Waals surface area contributed by atoms with Crippen molar-refractivity contribution < 1.29 is 14.3 Å². The molecule has 0 atom stereocenters. The molecule has 4 nitrogen and oxygen atoms in total. The molecule has 0 aliphatic rings. The van der Waals surface area contributed by atoms with Crippen molar-refractivity contribution in [3.63, 3.8) is 0 Å². The van der Waals surface area contributed by atoms with Crippen molar-refractivity contribution in [3.05, 3.63) is 41.5 Å². The molecule has 0 saturated carbocycles. The Morgan fingerprint density at radius 2 is 2.05 bits per heavy atom. The molecule has 4 heteroatoms. The number of aryl methyl sites for hydroxylation is 1. The zero-order valence-corrected chi connectivity index (χ0v) is 12.4. The van der Waals surface area contributed by atoms with Gasteiger partial charge in [-0.15, -0.1) is 0 Å². The summed E-state index contributed by atoms with van der Waals surface area (Å²) in [4.78, 5) is 24.9. The van der Waals surface area contributed by atoms with Crippen LogP contribution in [0.5, 0.6) is 0 Å². The van der Waals surface area contributed by atoms with Gasteiger partial charge in [0.15, 0.2) is 0 Å². The maximum atomic E-state index is 12.1. The topological polar surface area (TPSA) is 46.6 Å². The average molecular weight is 275 g/mol. The highest BCUT2D eigenvalue weighted by Gasteiger charge is 2.18. The summed E-state index contributed by atoms with van der Waals surface area (Å²) in [6.07, 6.45) is 3.24. The fraction of sp³-hybridized carbons (Fsp3) is 0.375.